The Morgan fingerprint density at radius 1 is 1.25 bits per heavy atom. The van der Waals surface area contributed by atoms with Crippen molar-refractivity contribution in [2.24, 2.45) is 0 Å². The van der Waals surface area contributed by atoms with Crippen LogP contribution in [-0.4, -0.2) is 4.92 Å². The number of anilines is 1. The summed E-state index contributed by atoms with van der Waals surface area (Å²) in [4.78, 5) is 10.5. The Balaban J connectivity index is 2.51. The summed E-state index contributed by atoms with van der Waals surface area (Å²) in [6.45, 7) is 3.96. The maximum atomic E-state index is 11.0. The van der Waals surface area contributed by atoms with E-state index in [1.54, 1.807) is 6.07 Å². The molecule has 1 unspecified atom stereocenters. The van der Waals surface area contributed by atoms with Gasteiger partial charge in [0, 0.05) is 17.0 Å². The zero-order valence-corrected chi connectivity index (χ0v) is 12.0. The SMILES string of the molecule is Cc1ccc(C(C)c2cc(Cl)cc([N+](=O)[O-])c2N)cc1. The molecule has 0 aliphatic carbocycles. The van der Waals surface area contributed by atoms with E-state index in [0.29, 0.717) is 10.6 Å². The Morgan fingerprint density at radius 3 is 2.40 bits per heavy atom. The second-order valence-corrected chi connectivity index (χ2v) is 5.25. The highest BCUT2D eigenvalue weighted by Gasteiger charge is 2.21. The molecule has 4 nitrogen and oxygen atoms in total. The summed E-state index contributed by atoms with van der Waals surface area (Å²) in [6, 6.07) is 11.0. The van der Waals surface area contributed by atoms with Crippen molar-refractivity contribution in [3.05, 3.63) is 68.2 Å². The number of hydrogen-bond acceptors (Lipinski definition) is 3. The minimum Gasteiger partial charge on any atom is -0.393 e. The molecule has 0 saturated carbocycles. The predicted octanol–water partition coefficient (Wildman–Crippen LogP) is 4.29. The first-order valence-corrected chi connectivity index (χ1v) is 6.58. The Kier molecular flexibility index (Phi) is 3.95. The van der Waals surface area contributed by atoms with Crippen LogP contribution in [0.3, 0.4) is 0 Å². The van der Waals surface area contributed by atoms with E-state index in [1.165, 1.54) is 6.07 Å². The second-order valence-electron chi connectivity index (χ2n) is 4.82. The molecule has 5 heteroatoms. The van der Waals surface area contributed by atoms with Crippen LogP contribution in [0.15, 0.2) is 36.4 Å². The van der Waals surface area contributed by atoms with Gasteiger partial charge in [-0.05, 0) is 24.1 Å². The van der Waals surface area contributed by atoms with Crippen molar-refractivity contribution in [2.75, 3.05) is 5.73 Å². The summed E-state index contributed by atoms with van der Waals surface area (Å²) in [5.41, 5.74) is 8.82. The van der Waals surface area contributed by atoms with Crippen LogP contribution in [0.2, 0.25) is 5.02 Å². The van der Waals surface area contributed by atoms with Gasteiger partial charge in [-0.2, -0.15) is 0 Å². The van der Waals surface area contributed by atoms with Gasteiger partial charge in [-0.3, -0.25) is 10.1 Å². The molecule has 20 heavy (non-hydrogen) atoms. The summed E-state index contributed by atoms with van der Waals surface area (Å²) in [5.74, 6) is -0.0620. The van der Waals surface area contributed by atoms with Gasteiger partial charge in [0.2, 0.25) is 0 Å². The monoisotopic (exact) mass is 290 g/mol. The van der Waals surface area contributed by atoms with Crippen LogP contribution in [0.1, 0.15) is 29.5 Å². The molecule has 0 aromatic heterocycles. The number of benzene rings is 2. The van der Waals surface area contributed by atoms with Gasteiger partial charge in [-0.15, -0.1) is 0 Å². The normalized spacial score (nSPS) is 12.2. The van der Waals surface area contributed by atoms with E-state index in [0.717, 1.165) is 11.1 Å². The number of aryl methyl sites for hydroxylation is 1. The van der Waals surface area contributed by atoms with E-state index in [2.05, 4.69) is 0 Å². The van der Waals surface area contributed by atoms with Crippen LogP contribution in [0.5, 0.6) is 0 Å². The highest BCUT2D eigenvalue weighted by Crippen LogP contribution is 2.36. The van der Waals surface area contributed by atoms with Crippen LogP contribution in [0.4, 0.5) is 11.4 Å². The Bertz CT molecular complexity index is 654. The molecule has 0 aliphatic rings. The van der Waals surface area contributed by atoms with Gasteiger partial charge >= 0.3 is 0 Å². The van der Waals surface area contributed by atoms with Crippen LogP contribution < -0.4 is 5.73 Å². The van der Waals surface area contributed by atoms with Gasteiger partial charge in [-0.1, -0.05) is 48.4 Å². The summed E-state index contributed by atoms with van der Waals surface area (Å²) in [7, 11) is 0. The fourth-order valence-electron chi connectivity index (χ4n) is 2.17. The van der Waals surface area contributed by atoms with Crippen molar-refractivity contribution in [3.63, 3.8) is 0 Å². The molecule has 2 aromatic carbocycles. The number of hydrogen-bond donors (Lipinski definition) is 1. The molecule has 0 aliphatic heterocycles. The average Bonchev–Trinajstić information content (AvgIpc) is 2.41. The van der Waals surface area contributed by atoms with E-state index in [-0.39, 0.29) is 17.3 Å². The predicted molar refractivity (Wildman–Crippen MR) is 81.2 cm³/mol. The third-order valence-corrected chi connectivity index (χ3v) is 3.61. The lowest BCUT2D eigenvalue weighted by Crippen LogP contribution is -2.04. The van der Waals surface area contributed by atoms with E-state index >= 15 is 0 Å². The molecule has 0 spiro atoms. The molecule has 0 amide bonds. The molecular formula is C15H15ClN2O2. The molecule has 2 rings (SSSR count). The highest BCUT2D eigenvalue weighted by atomic mass is 35.5. The lowest BCUT2D eigenvalue weighted by Gasteiger charge is -2.15. The molecule has 1 atom stereocenters. The van der Waals surface area contributed by atoms with Crippen molar-refractivity contribution in [1.29, 1.82) is 0 Å². The number of halogens is 1. The molecule has 2 aromatic rings. The van der Waals surface area contributed by atoms with Gasteiger partial charge in [-0.25, -0.2) is 0 Å². The maximum absolute atomic E-state index is 11.0. The Hall–Kier alpha value is -2.07. The molecule has 0 radical (unpaired) electrons. The molecule has 0 fully saturated rings. The Labute approximate surface area is 122 Å². The van der Waals surface area contributed by atoms with Gasteiger partial charge in [0.25, 0.3) is 5.69 Å². The minimum absolute atomic E-state index is 0.0620. The standard InChI is InChI=1S/C15H15ClN2O2/c1-9-3-5-11(6-4-9)10(2)13-7-12(16)8-14(15(13)17)18(19)20/h3-8,10H,17H2,1-2H3. The van der Waals surface area contributed by atoms with Gasteiger partial charge < -0.3 is 5.73 Å². The largest absolute Gasteiger partial charge is 0.393 e. The fraction of sp³-hybridized carbons (Fsp3) is 0.200. The van der Waals surface area contributed by atoms with Crippen LogP contribution in [0, 0.1) is 17.0 Å². The number of rotatable bonds is 3. The minimum atomic E-state index is -0.507. The van der Waals surface area contributed by atoms with Crippen molar-refractivity contribution in [1.82, 2.24) is 0 Å². The van der Waals surface area contributed by atoms with Crippen LogP contribution in [-0.2, 0) is 0 Å². The molecular weight excluding hydrogens is 276 g/mol. The van der Waals surface area contributed by atoms with Gasteiger partial charge in [0.05, 0.1) is 4.92 Å². The van der Waals surface area contributed by atoms with E-state index in [4.69, 9.17) is 17.3 Å². The topological polar surface area (TPSA) is 69.2 Å². The molecule has 104 valence electrons. The summed E-state index contributed by atoms with van der Waals surface area (Å²) < 4.78 is 0. The first kappa shape index (κ1) is 14.3. The van der Waals surface area contributed by atoms with Crippen molar-refractivity contribution < 1.29 is 4.92 Å². The molecule has 2 N–H and O–H groups in total. The van der Waals surface area contributed by atoms with Crippen LogP contribution in [0.25, 0.3) is 0 Å². The van der Waals surface area contributed by atoms with Crippen LogP contribution >= 0.6 is 11.6 Å². The number of nitrogen functional groups attached to an aromatic ring is 1. The third kappa shape index (κ3) is 2.75. The smallest absolute Gasteiger partial charge is 0.293 e. The number of nitrogens with two attached hydrogens (primary N) is 1. The average molecular weight is 291 g/mol. The maximum Gasteiger partial charge on any atom is 0.293 e. The third-order valence-electron chi connectivity index (χ3n) is 3.40. The second kappa shape index (κ2) is 5.51. The highest BCUT2D eigenvalue weighted by molar-refractivity contribution is 6.31. The summed E-state index contributed by atoms with van der Waals surface area (Å²) >= 11 is 5.96. The first-order chi connectivity index (χ1) is 9.40. The number of nitro benzene ring substituents is 1. The van der Waals surface area contributed by atoms with Gasteiger partial charge in [0.1, 0.15) is 5.69 Å². The molecule has 0 bridgehead atoms. The first-order valence-electron chi connectivity index (χ1n) is 6.20. The van der Waals surface area contributed by atoms with Gasteiger partial charge in [0.15, 0.2) is 0 Å². The number of nitrogens with zero attached hydrogens (tertiary/aromatic N) is 1. The lowest BCUT2D eigenvalue weighted by molar-refractivity contribution is -0.383. The van der Waals surface area contributed by atoms with Crippen molar-refractivity contribution in [3.8, 4) is 0 Å². The number of nitro groups is 1. The molecule has 0 heterocycles. The van der Waals surface area contributed by atoms with Crippen molar-refractivity contribution >= 4 is 23.0 Å². The quantitative estimate of drug-likeness (QED) is 0.521. The van der Waals surface area contributed by atoms with E-state index in [1.807, 2.05) is 38.1 Å². The summed E-state index contributed by atoms with van der Waals surface area (Å²) in [6.07, 6.45) is 0. The van der Waals surface area contributed by atoms with E-state index < -0.39 is 4.92 Å². The molecule has 0 saturated heterocycles. The summed E-state index contributed by atoms with van der Waals surface area (Å²) in [5, 5.41) is 11.3. The Morgan fingerprint density at radius 2 is 1.85 bits per heavy atom. The lowest BCUT2D eigenvalue weighted by atomic mass is 9.91. The fourth-order valence-corrected chi connectivity index (χ4v) is 2.39. The van der Waals surface area contributed by atoms with Crippen molar-refractivity contribution in [2.45, 2.75) is 19.8 Å². The zero-order chi connectivity index (χ0) is 14.9. The zero-order valence-electron chi connectivity index (χ0n) is 11.3. The van der Waals surface area contributed by atoms with E-state index in [9.17, 15) is 10.1 Å².